The molecular formula is C19H22N6O2. The molecule has 1 aliphatic carbocycles. The van der Waals surface area contributed by atoms with Gasteiger partial charge in [0, 0.05) is 6.07 Å². The molecule has 0 aromatic carbocycles. The van der Waals surface area contributed by atoms with Gasteiger partial charge in [0.1, 0.15) is 35.0 Å². The lowest BCUT2D eigenvalue weighted by atomic mass is 9.86. The first-order chi connectivity index (χ1) is 13.0. The molecule has 2 aromatic heterocycles. The SMILES string of the molecule is CCC1=CCCCC12NC(=O)c1c(C)cc(Nc3cc(N)ncn3)c(=O)n12. The van der Waals surface area contributed by atoms with Crippen molar-refractivity contribution in [3.63, 3.8) is 0 Å². The predicted molar refractivity (Wildman–Crippen MR) is 103 cm³/mol. The number of nitrogens with zero attached hydrogens (tertiary/aromatic N) is 3. The van der Waals surface area contributed by atoms with Crippen molar-refractivity contribution in [2.45, 2.75) is 45.2 Å². The minimum Gasteiger partial charge on any atom is -0.384 e. The number of nitrogens with two attached hydrogens (primary N) is 1. The Bertz CT molecular complexity index is 1030. The van der Waals surface area contributed by atoms with E-state index < -0.39 is 5.66 Å². The van der Waals surface area contributed by atoms with Crippen LogP contribution in [0.4, 0.5) is 17.3 Å². The predicted octanol–water partition coefficient (Wildman–Crippen LogP) is 2.19. The van der Waals surface area contributed by atoms with E-state index in [1.54, 1.807) is 16.7 Å². The highest BCUT2D eigenvalue weighted by atomic mass is 16.2. The van der Waals surface area contributed by atoms with Crippen molar-refractivity contribution in [2.75, 3.05) is 11.1 Å². The van der Waals surface area contributed by atoms with Gasteiger partial charge in [0.05, 0.1) is 0 Å². The molecular weight excluding hydrogens is 344 g/mol. The largest absolute Gasteiger partial charge is 0.384 e. The molecule has 0 saturated carbocycles. The van der Waals surface area contributed by atoms with Crippen molar-refractivity contribution < 1.29 is 4.79 Å². The summed E-state index contributed by atoms with van der Waals surface area (Å²) in [5.74, 6) is 0.534. The summed E-state index contributed by atoms with van der Waals surface area (Å²) in [6.45, 7) is 3.88. The molecule has 0 saturated heterocycles. The van der Waals surface area contributed by atoms with E-state index in [2.05, 4.69) is 26.7 Å². The number of hydrogen-bond acceptors (Lipinski definition) is 6. The highest BCUT2D eigenvalue weighted by Crippen LogP contribution is 2.40. The van der Waals surface area contributed by atoms with E-state index in [-0.39, 0.29) is 11.5 Å². The van der Waals surface area contributed by atoms with Crippen molar-refractivity contribution in [1.82, 2.24) is 19.9 Å². The maximum absolute atomic E-state index is 13.4. The minimum absolute atomic E-state index is 0.205. The zero-order valence-electron chi connectivity index (χ0n) is 15.4. The van der Waals surface area contributed by atoms with Crippen LogP contribution in [-0.2, 0) is 5.66 Å². The number of pyridine rings is 1. The second-order valence-electron chi connectivity index (χ2n) is 6.97. The van der Waals surface area contributed by atoms with Crippen LogP contribution in [-0.4, -0.2) is 20.4 Å². The number of aryl methyl sites for hydroxylation is 1. The monoisotopic (exact) mass is 366 g/mol. The van der Waals surface area contributed by atoms with E-state index in [1.165, 1.54) is 6.33 Å². The average molecular weight is 366 g/mol. The Kier molecular flexibility index (Phi) is 3.98. The zero-order valence-corrected chi connectivity index (χ0v) is 15.4. The molecule has 3 heterocycles. The first-order valence-electron chi connectivity index (χ1n) is 9.10. The lowest BCUT2D eigenvalue weighted by Gasteiger charge is -2.37. The summed E-state index contributed by atoms with van der Waals surface area (Å²) >= 11 is 0. The second kappa shape index (κ2) is 6.22. The minimum atomic E-state index is -0.774. The molecule has 140 valence electrons. The van der Waals surface area contributed by atoms with Crippen LogP contribution in [0.1, 0.15) is 48.7 Å². The van der Waals surface area contributed by atoms with E-state index in [0.717, 1.165) is 30.4 Å². The van der Waals surface area contributed by atoms with E-state index in [9.17, 15) is 9.59 Å². The smallest absolute Gasteiger partial charge is 0.277 e. The van der Waals surface area contributed by atoms with Gasteiger partial charge in [-0.25, -0.2) is 9.97 Å². The summed E-state index contributed by atoms with van der Waals surface area (Å²) in [5, 5.41) is 6.13. The molecule has 8 nitrogen and oxygen atoms in total. The molecule has 1 atom stereocenters. The maximum Gasteiger partial charge on any atom is 0.277 e. The number of nitrogen functional groups attached to an aromatic ring is 1. The van der Waals surface area contributed by atoms with Gasteiger partial charge in [-0.15, -0.1) is 0 Å². The molecule has 1 aliphatic heterocycles. The zero-order chi connectivity index (χ0) is 19.2. The van der Waals surface area contributed by atoms with E-state index in [4.69, 9.17) is 5.73 Å². The highest BCUT2D eigenvalue weighted by molar-refractivity contribution is 5.97. The number of rotatable bonds is 3. The Labute approximate surface area is 156 Å². The fourth-order valence-electron chi connectivity index (χ4n) is 4.16. The fraction of sp³-hybridized carbons (Fsp3) is 0.368. The van der Waals surface area contributed by atoms with Crippen molar-refractivity contribution in [3.8, 4) is 0 Å². The lowest BCUT2D eigenvalue weighted by molar-refractivity contribution is 0.0924. The summed E-state index contributed by atoms with van der Waals surface area (Å²) < 4.78 is 1.63. The highest BCUT2D eigenvalue weighted by Gasteiger charge is 2.47. The van der Waals surface area contributed by atoms with Crippen LogP contribution >= 0.6 is 0 Å². The number of carbonyl (C=O) groups excluding carboxylic acids is 1. The number of nitrogens with one attached hydrogen (secondary N) is 2. The number of carbonyl (C=O) groups is 1. The first kappa shape index (κ1) is 17.3. The molecule has 4 rings (SSSR count). The molecule has 0 radical (unpaired) electrons. The first-order valence-corrected chi connectivity index (χ1v) is 9.10. The van der Waals surface area contributed by atoms with Gasteiger partial charge in [-0.2, -0.15) is 0 Å². The Morgan fingerprint density at radius 1 is 1.33 bits per heavy atom. The fourth-order valence-corrected chi connectivity index (χ4v) is 4.16. The van der Waals surface area contributed by atoms with E-state index in [1.807, 2.05) is 13.8 Å². The number of hydrogen-bond donors (Lipinski definition) is 3. The normalized spacial score (nSPS) is 21.0. The molecule has 1 spiro atoms. The third-order valence-corrected chi connectivity index (χ3v) is 5.31. The third-order valence-electron chi connectivity index (χ3n) is 5.31. The number of aromatic nitrogens is 3. The standard InChI is InChI=1S/C19H22N6O2/c1-3-12-6-4-5-7-19(12)24-17(26)16-11(2)8-13(18(27)25(16)19)23-15-9-14(20)21-10-22-15/h6,8-10H,3-5,7H2,1-2H3,(H,24,26)(H3,20,21,22,23). The number of fused-ring (bicyclic) bond motifs is 2. The molecule has 2 aliphatic rings. The molecule has 27 heavy (non-hydrogen) atoms. The lowest BCUT2D eigenvalue weighted by Crippen LogP contribution is -2.50. The summed E-state index contributed by atoms with van der Waals surface area (Å²) in [7, 11) is 0. The van der Waals surface area contributed by atoms with Crippen LogP contribution in [0.25, 0.3) is 0 Å². The van der Waals surface area contributed by atoms with Crippen LogP contribution in [0.15, 0.2) is 34.9 Å². The Hall–Kier alpha value is -3.16. The Morgan fingerprint density at radius 2 is 2.15 bits per heavy atom. The molecule has 1 amide bonds. The van der Waals surface area contributed by atoms with Gasteiger partial charge in [-0.1, -0.05) is 13.0 Å². The van der Waals surface area contributed by atoms with Crippen LogP contribution in [0, 0.1) is 6.92 Å². The summed E-state index contributed by atoms with van der Waals surface area (Å²) in [6.07, 6.45) is 6.82. The van der Waals surface area contributed by atoms with Gasteiger partial charge in [0.15, 0.2) is 0 Å². The molecule has 8 heteroatoms. The van der Waals surface area contributed by atoms with Crippen LogP contribution in [0.5, 0.6) is 0 Å². The van der Waals surface area contributed by atoms with E-state index >= 15 is 0 Å². The van der Waals surface area contributed by atoms with Gasteiger partial charge in [-0.05, 0) is 49.8 Å². The number of amides is 1. The van der Waals surface area contributed by atoms with Gasteiger partial charge in [0.25, 0.3) is 11.5 Å². The van der Waals surface area contributed by atoms with Crippen LogP contribution < -0.4 is 21.9 Å². The molecule has 0 fully saturated rings. The molecule has 0 bridgehead atoms. The van der Waals surface area contributed by atoms with Gasteiger partial charge >= 0.3 is 0 Å². The van der Waals surface area contributed by atoms with Gasteiger partial charge < -0.3 is 16.4 Å². The quantitative estimate of drug-likeness (QED) is 0.717. The van der Waals surface area contributed by atoms with Crippen molar-refractivity contribution >= 4 is 23.2 Å². The molecule has 1 unspecified atom stereocenters. The molecule has 4 N–H and O–H groups in total. The number of anilines is 3. The van der Waals surface area contributed by atoms with E-state index in [0.29, 0.717) is 29.4 Å². The maximum atomic E-state index is 13.4. The van der Waals surface area contributed by atoms with Crippen molar-refractivity contribution in [1.29, 1.82) is 0 Å². The Morgan fingerprint density at radius 3 is 2.89 bits per heavy atom. The number of allylic oxidation sites excluding steroid dienone is 1. The third kappa shape index (κ3) is 2.59. The summed E-state index contributed by atoms with van der Waals surface area (Å²) in [6, 6.07) is 3.24. The van der Waals surface area contributed by atoms with Crippen LogP contribution in [0.3, 0.4) is 0 Å². The summed E-state index contributed by atoms with van der Waals surface area (Å²) in [4.78, 5) is 34.1. The van der Waals surface area contributed by atoms with Gasteiger partial charge in [0.2, 0.25) is 0 Å². The van der Waals surface area contributed by atoms with Crippen molar-refractivity contribution in [2.24, 2.45) is 0 Å². The molecule has 2 aromatic rings. The topological polar surface area (TPSA) is 115 Å². The van der Waals surface area contributed by atoms with Gasteiger partial charge in [-0.3, -0.25) is 14.2 Å². The Balaban J connectivity index is 1.90. The van der Waals surface area contributed by atoms with Crippen molar-refractivity contribution in [3.05, 3.63) is 51.7 Å². The average Bonchev–Trinajstić information content (AvgIpc) is 2.93. The second-order valence-corrected chi connectivity index (χ2v) is 6.97. The summed E-state index contributed by atoms with van der Waals surface area (Å²) in [5.41, 5.74) is 7.25. The van der Waals surface area contributed by atoms with Crippen LogP contribution in [0.2, 0.25) is 0 Å².